The second-order valence-electron chi connectivity index (χ2n) is 11.6. The minimum atomic E-state index is -1.42. The molecule has 3 aromatic carbocycles. The normalized spacial score (nSPS) is 13.7. The number of rotatable bonds is 10. The molecule has 4 aromatic rings. The molecule has 0 aliphatic carbocycles. The van der Waals surface area contributed by atoms with Crippen molar-refractivity contribution in [1.29, 1.82) is 10.8 Å². The zero-order valence-electron chi connectivity index (χ0n) is 25.7. The van der Waals surface area contributed by atoms with Crippen LogP contribution in [-0.4, -0.2) is 69.1 Å². The van der Waals surface area contributed by atoms with Crippen LogP contribution in [0.1, 0.15) is 62.9 Å². The van der Waals surface area contributed by atoms with Crippen LogP contribution in [-0.2, 0) is 16.1 Å². The van der Waals surface area contributed by atoms with Crippen LogP contribution < -0.4 is 15.8 Å². The number of anilines is 1. The topological polar surface area (TPSA) is 180 Å². The second kappa shape index (κ2) is 13.2. The Balaban J connectivity index is 1.44. The average Bonchev–Trinajstić information content (AvgIpc) is 3.35. The zero-order chi connectivity index (χ0) is 32.2. The van der Waals surface area contributed by atoms with E-state index >= 15 is 0 Å². The molecule has 12 heteroatoms. The predicted molar refractivity (Wildman–Crippen MR) is 174 cm³/mol. The Morgan fingerprint density at radius 2 is 1.82 bits per heavy atom. The van der Waals surface area contributed by atoms with Gasteiger partial charge in [-0.15, -0.1) is 0 Å². The van der Waals surface area contributed by atoms with Crippen LogP contribution in [0.4, 0.5) is 10.5 Å². The number of nitrogens with one attached hydrogen (secondary N) is 3. The number of carbonyl (C=O) groups is 2. The highest BCUT2D eigenvalue weighted by atomic mass is 16.7. The fourth-order valence-corrected chi connectivity index (χ4v) is 5.81. The lowest BCUT2D eigenvalue weighted by atomic mass is 10.0. The summed E-state index contributed by atoms with van der Waals surface area (Å²) in [4.78, 5) is 30.3. The van der Waals surface area contributed by atoms with Gasteiger partial charge in [-0.05, 0) is 54.3 Å². The van der Waals surface area contributed by atoms with Gasteiger partial charge in [0.15, 0.2) is 5.75 Å². The zero-order valence-corrected chi connectivity index (χ0v) is 25.7. The van der Waals surface area contributed by atoms with Crippen molar-refractivity contribution < 1.29 is 24.2 Å². The number of nitrogens with zero attached hydrogens (tertiary/aromatic N) is 3. The molecule has 1 saturated heterocycles. The monoisotopic (exact) mass is 613 g/mol. The van der Waals surface area contributed by atoms with Gasteiger partial charge >= 0.3 is 12.1 Å². The summed E-state index contributed by atoms with van der Waals surface area (Å²) in [6.45, 7) is 7.83. The first kappa shape index (κ1) is 31.3. The minimum absolute atomic E-state index is 0.0107. The maximum atomic E-state index is 11.8. The Kier molecular flexibility index (Phi) is 9.21. The Morgan fingerprint density at radius 3 is 2.49 bits per heavy atom. The largest absolute Gasteiger partial charge is 0.511 e. The average molecular weight is 614 g/mol. The third kappa shape index (κ3) is 7.17. The van der Waals surface area contributed by atoms with Crippen molar-refractivity contribution in [2.75, 3.05) is 25.0 Å². The van der Waals surface area contributed by atoms with Crippen molar-refractivity contribution >= 4 is 51.3 Å². The van der Waals surface area contributed by atoms with Gasteiger partial charge in [-0.25, -0.2) is 9.78 Å². The number of likely N-dealkylation sites (tertiary alicyclic amines) is 1. The van der Waals surface area contributed by atoms with Gasteiger partial charge in [0.2, 0.25) is 0 Å². The lowest BCUT2D eigenvalue weighted by molar-refractivity contribution is -0.141. The number of hydrogen-bond donors (Lipinski definition) is 5. The first-order valence-corrected chi connectivity index (χ1v) is 15.1. The Morgan fingerprint density at radius 1 is 1.09 bits per heavy atom. The molecule has 0 spiro atoms. The molecule has 5 rings (SSSR count). The lowest BCUT2D eigenvalue weighted by Gasteiger charge is -2.34. The Bertz CT molecular complexity index is 1770. The van der Waals surface area contributed by atoms with Crippen LogP contribution in [0.5, 0.6) is 5.75 Å². The van der Waals surface area contributed by atoms with E-state index in [1.165, 1.54) is 0 Å². The van der Waals surface area contributed by atoms with E-state index in [4.69, 9.17) is 31.0 Å². The van der Waals surface area contributed by atoms with E-state index in [1.807, 2.05) is 49.1 Å². The summed E-state index contributed by atoms with van der Waals surface area (Å²) in [5.74, 6) is 0.859. The molecule has 12 nitrogen and oxygen atoms in total. The first-order valence-electron chi connectivity index (χ1n) is 15.1. The number of carbonyl (C=O) groups excluding carboxylic acids is 1. The van der Waals surface area contributed by atoms with Crippen molar-refractivity contribution in [3.63, 3.8) is 0 Å². The number of nitrogen functional groups attached to an aromatic ring is 1. The third-order valence-electron chi connectivity index (χ3n) is 7.98. The van der Waals surface area contributed by atoms with Gasteiger partial charge in [-0.1, -0.05) is 38.1 Å². The standard InChI is InChI=1S/C33H39N7O5/c1-4-44-29(41)17-28(34)39-11-9-24(10-12-39)37-25-15-26-30(27(16-25)45-33(42)43)38-32(19(2)3)40(26)18-20-5-6-21-7-8-22(31(35)36)14-23(21)13-20/h5-8,13-16,19,24,34,37H,4,9-12,17-18H2,1-3H3,(H3,35,36)(H,42,43). The van der Waals surface area contributed by atoms with Crippen molar-refractivity contribution in [2.24, 2.45) is 5.73 Å². The summed E-state index contributed by atoms with van der Waals surface area (Å²) in [7, 11) is 0. The third-order valence-corrected chi connectivity index (χ3v) is 7.98. The van der Waals surface area contributed by atoms with Gasteiger partial charge in [0.25, 0.3) is 0 Å². The highest BCUT2D eigenvalue weighted by Crippen LogP contribution is 2.34. The van der Waals surface area contributed by atoms with Crippen LogP contribution in [0.25, 0.3) is 21.8 Å². The van der Waals surface area contributed by atoms with Crippen LogP contribution in [0.15, 0.2) is 48.5 Å². The van der Waals surface area contributed by atoms with E-state index in [0.29, 0.717) is 36.4 Å². The summed E-state index contributed by atoms with van der Waals surface area (Å²) in [6, 6.07) is 15.6. The number of imidazole rings is 1. The highest BCUT2D eigenvalue weighted by Gasteiger charge is 2.24. The maximum absolute atomic E-state index is 11.8. The van der Waals surface area contributed by atoms with Crippen LogP contribution in [0.2, 0.25) is 0 Å². The molecule has 0 unspecified atom stereocenters. The van der Waals surface area contributed by atoms with E-state index in [1.54, 1.807) is 13.0 Å². The van der Waals surface area contributed by atoms with E-state index in [0.717, 1.165) is 40.5 Å². The van der Waals surface area contributed by atoms with Crippen molar-refractivity contribution in [1.82, 2.24) is 14.5 Å². The van der Waals surface area contributed by atoms with Gasteiger partial charge < -0.3 is 35.1 Å². The quantitative estimate of drug-likeness (QED) is 0.0667. The molecule has 45 heavy (non-hydrogen) atoms. The number of benzene rings is 3. The van der Waals surface area contributed by atoms with Crippen molar-refractivity contribution in [3.05, 3.63) is 65.5 Å². The first-order chi connectivity index (χ1) is 21.5. The lowest BCUT2D eigenvalue weighted by Crippen LogP contribution is -2.42. The van der Waals surface area contributed by atoms with Crippen LogP contribution in [0, 0.1) is 10.8 Å². The summed E-state index contributed by atoms with van der Waals surface area (Å²) in [5.41, 5.74) is 9.31. The summed E-state index contributed by atoms with van der Waals surface area (Å²) in [5, 5.41) is 31.2. The molecule has 1 aliphatic rings. The second-order valence-corrected chi connectivity index (χ2v) is 11.6. The number of aromatic nitrogens is 2. The number of nitrogens with two attached hydrogens (primary N) is 1. The molecular weight excluding hydrogens is 574 g/mol. The molecule has 0 amide bonds. The predicted octanol–water partition coefficient (Wildman–Crippen LogP) is 5.51. The van der Waals surface area contributed by atoms with Gasteiger partial charge in [-0.3, -0.25) is 15.6 Å². The molecular formula is C33H39N7O5. The molecule has 1 aromatic heterocycles. The van der Waals surface area contributed by atoms with Crippen LogP contribution in [0.3, 0.4) is 0 Å². The van der Waals surface area contributed by atoms with Crippen molar-refractivity contribution in [3.8, 4) is 5.75 Å². The van der Waals surface area contributed by atoms with E-state index in [9.17, 15) is 14.7 Å². The summed E-state index contributed by atoms with van der Waals surface area (Å²) < 4.78 is 12.3. The molecule has 6 N–H and O–H groups in total. The van der Waals surface area contributed by atoms with Crippen molar-refractivity contribution in [2.45, 2.75) is 58.5 Å². The number of hydrogen-bond acceptors (Lipinski definition) is 8. The van der Waals surface area contributed by atoms with Gasteiger partial charge in [0.05, 0.1) is 12.1 Å². The number of esters is 1. The molecule has 0 saturated carbocycles. The molecule has 1 aliphatic heterocycles. The molecule has 0 bridgehead atoms. The number of fused-ring (bicyclic) bond motifs is 2. The fraction of sp³-hybridized carbons (Fsp3) is 0.364. The maximum Gasteiger partial charge on any atom is 0.511 e. The molecule has 2 heterocycles. The fourth-order valence-electron chi connectivity index (χ4n) is 5.81. The Hall–Kier alpha value is -5.13. The highest BCUT2D eigenvalue weighted by molar-refractivity contribution is 5.99. The number of carboxylic acid groups (broad SMARTS) is 1. The Labute approximate surface area is 261 Å². The van der Waals surface area contributed by atoms with Crippen LogP contribution >= 0.6 is 0 Å². The molecule has 236 valence electrons. The summed E-state index contributed by atoms with van der Waals surface area (Å²) >= 11 is 0. The molecule has 0 atom stereocenters. The van der Waals surface area contributed by atoms with Gasteiger partial charge in [0, 0.05) is 48.9 Å². The molecule has 1 fully saturated rings. The summed E-state index contributed by atoms with van der Waals surface area (Å²) in [6.07, 6.45) is -0.00336. The minimum Gasteiger partial charge on any atom is -0.466 e. The number of ether oxygens (including phenoxy) is 2. The number of amidine groups is 2. The van der Waals surface area contributed by atoms with Gasteiger partial charge in [-0.2, -0.15) is 0 Å². The molecule has 0 radical (unpaired) electrons. The smallest absolute Gasteiger partial charge is 0.466 e. The van der Waals surface area contributed by atoms with E-state index in [-0.39, 0.29) is 42.4 Å². The number of piperidine rings is 1. The van der Waals surface area contributed by atoms with E-state index < -0.39 is 12.1 Å². The van der Waals surface area contributed by atoms with Gasteiger partial charge in [0.1, 0.15) is 29.4 Å². The SMILES string of the molecule is CCOC(=O)CC(=N)N1CCC(Nc2cc(OC(=O)O)c3nc(C(C)C)n(Cc4ccc5ccc(C(=N)N)cc5c4)c3c2)CC1. The van der Waals surface area contributed by atoms with E-state index in [2.05, 4.69) is 22.0 Å².